The molecule has 3 amide bonds. The molecule has 0 aliphatic heterocycles. The van der Waals surface area contributed by atoms with Crippen molar-refractivity contribution in [3.63, 3.8) is 0 Å². The Bertz CT molecular complexity index is 1730. The molecule has 0 radical (unpaired) electrons. The summed E-state index contributed by atoms with van der Waals surface area (Å²) in [5, 5.41) is 12.9. The van der Waals surface area contributed by atoms with Crippen LogP contribution >= 0.6 is 34.4 Å². The Morgan fingerprint density at radius 3 is 2.36 bits per heavy atom. The molecule has 0 bridgehead atoms. The van der Waals surface area contributed by atoms with Crippen LogP contribution in [0.4, 0.5) is 10.8 Å². The fraction of sp³-hybridized carbons (Fsp3) is 0.0909. The number of hydrogen-bond acceptors (Lipinski definition) is 8. The molecular weight excluding hydrogens is 613 g/mol. The van der Waals surface area contributed by atoms with Gasteiger partial charge in [-0.25, -0.2) is 4.98 Å². The molecule has 5 aromatic rings. The van der Waals surface area contributed by atoms with Gasteiger partial charge in [-0.15, -0.1) is 34.4 Å². The second-order valence-electron chi connectivity index (χ2n) is 9.21. The highest BCUT2D eigenvalue weighted by Crippen LogP contribution is 2.28. The van der Waals surface area contributed by atoms with Crippen molar-refractivity contribution in [3.05, 3.63) is 119 Å². The second kappa shape index (κ2) is 15.1. The van der Waals surface area contributed by atoms with Crippen LogP contribution in [0.15, 0.2) is 112 Å². The highest BCUT2D eigenvalue weighted by atomic mass is 32.2. The van der Waals surface area contributed by atoms with Crippen molar-refractivity contribution in [1.82, 2.24) is 10.3 Å². The summed E-state index contributed by atoms with van der Waals surface area (Å²) in [6.45, 7) is 2.45. The third kappa shape index (κ3) is 8.66. The minimum absolute atomic E-state index is 0.0857. The van der Waals surface area contributed by atoms with Crippen LogP contribution in [-0.4, -0.2) is 35.1 Å². The Labute approximate surface area is 267 Å². The third-order valence-electron chi connectivity index (χ3n) is 6.04. The molecule has 0 unspecified atom stereocenters. The number of benzene rings is 3. The van der Waals surface area contributed by atoms with Crippen LogP contribution in [0.1, 0.15) is 22.8 Å². The first-order valence-electron chi connectivity index (χ1n) is 13.6. The fourth-order valence-corrected chi connectivity index (χ4v) is 6.13. The molecule has 0 spiro atoms. The summed E-state index contributed by atoms with van der Waals surface area (Å²) in [5.41, 5.74) is 2.63. The molecule has 2 heterocycles. The smallest absolute Gasteiger partial charge is 0.272 e. The predicted octanol–water partition coefficient (Wildman–Crippen LogP) is 7.41. The molecule has 2 aromatic heterocycles. The lowest BCUT2D eigenvalue weighted by molar-refractivity contribution is -0.114. The van der Waals surface area contributed by atoms with Gasteiger partial charge in [0.1, 0.15) is 11.4 Å². The first kappa shape index (κ1) is 30.7. The van der Waals surface area contributed by atoms with Crippen LogP contribution in [0, 0.1) is 0 Å². The third-order valence-corrected chi connectivity index (χ3v) is 8.70. The lowest BCUT2D eigenvalue weighted by atomic mass is 10.1. The first-order chi connectivity index (χ1) is 21.5. The summed E-state index contributed by atoms with van der Waals surface area (Å²) in [4.78, 5) is 45.1. The number of carbonyl (C=O) groups is 3. The van der Waals surface area contributed by atoms with Gasteiger partial charge >= 0.3 is 0 Å². The van der Waals surface area contributed by atoms with E-state index < -0.39 is 11.8 Å². The monoisotopic (exact) mass is 640 g/mol. The van der Waals surface area contributed by atoms with E-state index in [-0.39, 0.29) is 17.4 Å². The summed E-state index contributed by atoms with van der Waals surface area (Å²) in [6.07, 6.45) is 1.61. The number of thiophene rings is 1. The van der Waals surface area contributed by atoms with Crippen molar-refractivity contribution in [2.75, 3.05) is 23.0 Å². The van der Waals surface area contributed by atoms with Crippen molar-refractivity contribution < 1.29 is 19.1 Å². The Morgan fingerprint density at radius 2 is 1.66 bits per heavy atom. The van der Waals surface area contributed by atoms with Gasteiger partial charge < -0.3 is 20.7 Å². The van der Waals surface area contributed by atoms with E-state index in [1.165, 1.54) is 23.1 Å². The predicted molar refractivity (Wildman–Crippen MR) is 179 cm³/mol. The molecule has 0 fully saturated rings. The SMILES string of the molecule is CCOc1ccc(/C=C(\NC(=O)c2ccccc2)C(=O)Nc2ccc(SCC(=O)Nc3nc(-c4cccs4)cs3)cc2)cc1. The van der Waals surface area contributed by atoms with E-state index in [2.05, 4.69) is 20.9 Å². The summed E-state index contributed by atoms with van der Waals surface area (Å²) >= 11 is 4.37. The van der Waals surface area contributed by atoms with Crippen LogP contribution in [-0.2, 0) is 9.59 Å². The number of rotatable bonds is 12. The number of nitrogens with zero attached hydrogens (tertiary/aromatic N) is 1. The van der Waals surface area contributed by atoms with E-state index >= 15 is 0 Å². The summed E-state index contributed by atoms with van der Waals surface area (Å²) in [7, 11) is 0. The van der Waals surface area contributed by atoms with Gasteiger partial charge in [-0.1, -0.05) is 36.4 Å². The number of thioether (sulfide) groups is 1. The molecule has 0 aliphatic rings. The van der Waals surface area contributed by atoms with Gasteiger partial charge in [0.25, 0.3) is 11.8 Å². The van der Waals surface area contributed by atoms with Crippen LogP contribution in [0.3, 0.4) is 0 Å². The molecular formula is C33H28N4O4S3. The zero-order valence-corrected chi connectivity index (χ0v) is 26.1. The van der Waals surface area contributed by atoms with Gasteiger partial charge in [-0.2, -0.15) is 0 Å². The highest BCUT2D eigenvalue weighted by molar-refractivity contribution is 8.00. The van der Waals surface area contributed by atoms with Crippen molar-refractivity contribution >= 4 is 69.1 Å². The number of nitrogens with one attached hydrogen (secondary N) is 3. The average molecular weight is 641 g/mol. The molecule has 3 aromatic carbocycles. The topological polar surface area (TPSA) is 109 Å². The maximum Gasteiger partial charge on any atom is 0.272 e. The Kier molecular flexibility index (Phi) is 10.6. The fourth-order valence-electron chi connectivity index (χ4n) is 3.94. The molecule has 0 atom stereocenters. The van der Waals surface area contributed by atoms with Crippen LogP contribution in [0.2, 0.25) is 0 Å². The van der Waals surface area contributed by atoms with Crippen LogP contribution < -0.4 is 20.7 Å². The maximum atomic E-state index is 13.3. The highest BCUT2D eigenvalue weighted by Gasteiger charge is 2.16. The van der Waals surface area contributed by atoms with Crippen molar-refractivity contribution in [1.29, 1.82) is 0 Å². The van der Waals surface area contributed by atoms with Gasteiger partial charge in [-0.05, 0) is 78.5 Å². The summed E-state index contributed by atoms with van der Waals surface area (Å²) in [5.74, 6) is -0.111. The van der Waals surface area contributed by atoms with Gasteiger partial charge in [0.2, 0.25) is 5.91 Å². The molecule has 0 saturated heterocycles. The van der Waals surface area contributed by atoms with Crippen LogP contribution in [0.5, 0.6) is 5.75 Å². The number of thiazole rings is 1. The number of aromatic nitrogens is 1. The molecule has 222 valence electrons. The second-order valence-corrected chi connectivity index (χ2v) is 12.1. The number of carbonyl (C=O) groups excluding carboxylic acids is 3. The molecule has 8 nitrogen and oxygen atoms in total. The molecule has 44 heavy (non-hydrogen) atoms. The molecule has 11 heteroatoms. The van der Waals surface area contributed by atoms with Crippen molar-refractivity contribution in [2.45, 2.75) is 11.8 Å². The number of hydrogen-bond donors (Lipinski definition) is 3. The van der Waals surface area contributed by atoms with E-state index in [1.54, 1.807) is 65.9 Å². The lowest BCUT2D eigenvalue weighted by Gasteiger charge is -2.12. The van der Waals surface area contributed by atoms with E-state index in [9.17, 15) is 14.4 Å². The van der Waals surface area contributed by atoms with Gasteiger partial charge in [0, 0.05) is 21.5 Å². The molecule has 0 aliphatic carbocycles. The quantitative estimate of drug-likeness (QED) is 0.0968. The first-order valence-corrected chi connectivity index (χ1v) is 16.4. The minimum atomic E-state index is -0.478. The Hall–Kier alpha value is -4.71. The largest absolute Gasteiger partial charge is 0.494 e. The van der Waals surface area contributed by atoms with Gasteiger partial charge in [0.05, 0.1) is 22.9 Å². The standard InChI is InChI=1S/C33H28N4O4S3/c1-2-41-25-14-10-22(11-15-25)19-27(35-31(39)23-7-4-3-5-8-23)32(40)34-24-12-16-26(17-13-24)43-21-30(38)37-33-36-28(20-44-33)29-9-6-18-42-29/h3-20H,2,21H2,1H3,(H,34,40)(H,35,39)(H,36,37,38)/b27-19-. The van der Waals surface area contributed by atoms with E-state index in [0.29, 0.717) is 28.7 Å². The maximum absolute atomic E-state index is 13.3. The zero-order valence-electron chi connectivity index (χ0n) is 23.6. The van der Waals surface area contributed by atoms with E-state index in [1.807, 2.05) is 60.1 Å². The normalized spacial score (nSPS) is 11.1. The minimum Gasteiger partial charge on any atom is -0.494 e. The lowest BCUT2D eigenvalue weighted by Crippen LogP contribution is -2.30. The van der Waals surface area contributed by atoms with Crippen molar-refractivity contribution in [2.24, 2.45) is 0 Å². The van der Waals surface area contributed by atoms with Crippen LogP contribution in [0.25, 0.3) is 16.6 Å². The van der Waals surface area contributed by atoms with E-state index in [4.69, 9.17) is 4.74 Å². The van der Waals surface area contributed by atoms with E-state index in [0.717, 1.165) is 21.0 Å². The average Bonchev–Trinajstić information content (AvgIpc) is 3.75. The van der Waals surface area contributed by atoms with Crippen molar-refractivity contribution in [3.8, 4) is 16.3 Å². The van der Waals surface area contributed by atoms with Gasteiger partial charge in [0.15, 0.2) is 5.13 Å². The number of amides is 3. The Balaban J connectivity index is 1.20. The summed E-state index contributed by atoms with van der Waals surface area (Å²) in [6, 6.07) is 27.0. The summed E-state index contributed by atoms with van der Waals surface area (Å²) < 4.78 is 5.50. The Morgan fingerprint density at radius 1 is 0.886 bits per heavy atom. The molecule has 0 saturated carbocycles. The van der Waals surface area contributed by atoms with Gasteiger partial charge in [-0.3, -0.25) is 14.4 Å². The number of ether oxygens (including phenoxy) is 1. The zero-order chi connectivity index (χ0) is 30.7. The molecule has 5 rings (SSSR count). The number of anilines is 2. The molecule has 3 N–H and O–H groups in total.